The zero-order chi connectivity index (χ0) is 8.44. The van der Waals surface area contributed by atoms with Crippen molar-refractivity contribution >= 4 is 0 Å². The SMILES string of the molecule is NC1(COc2ccccc2)CC1. The van der Waals surface area contributed by atoms with Crippen molar-refractivity contribution in [3.8, 4) is 5.75 Å². The largest absolute Gasteiger partial charge is 0.492 e. The van der Waals surface area contributed by atoms with Gasteiger partial charge in [-0.2, -0.15) is 0 Å². The zero-order valence-electron chi connectivity index (χ0n) is 6.99. The molecule has 0 aliphatic heterocycles. The van der Waals surface area contributed by atoms with Crippen molar-refractivity contribution in [2.75, 3.05) is 6.61 Å². The number of hydrogen-bond acceptors (Lipinski definition) is 2. The number of rotatable bonds is 3. The second-order valence-corrected chi connectivity index (χ2v) is 3.46. The Balaban J connectivity index is 1.88. The number of hydrogen-bond donors (Lipinski definition) is 1. The van der Waals surface area contributed by atoms with E-state index in [-0.39, 0.29) is 5.54 Å². The third-order valence-corrected chi connectivity index (χ3v) is 2.16. The van der Waals surface area contributed by atoms with Crippen molar-refractivity contribution < 1.29 is 4.74 Å². The fourth-order valence-electron chi connectivity index (χ4n) is 1.05. The van der Waals surface area contributed by atoms with Gasteiger partial charge in [0.15, 0.2) is 0 Å². The highest BCUT2D eigenvalue weighted by molar-refractivity contribution is 5.21. The van der Waals surface area contributed by atoms with Crippen LogP contribution in [0.1, 0.15) is 12.8 Å². The molecule has 0 saturated heterocycles. The number of ether oxygens (including phenoxy) is 1. The molecule has 0 heterocycles. The van der Waals surface area contributed by atoms with Gasteiger partial charge in [-0.15, -0.1) is 0 Å². The van der Waals surface area contributed by atoms with Crippen molar-refractivity contribution in [2.24, 2.45) is 5.73 Å². The molecule has 1 saturated carbocycles. The van der Waals surface area contributed by atoms with Crippen LogP contribution in [0.5, 0.6) is 5.75 Å². The van der Waals surface area contributed by atoms with Crippen molar-refractivity contribution in [3.63, 3.8) is 0 Å². The van der Waals surface area contributed by atoms with E-state index in [9.17, 15) is 0 Å². The lowest BCUT2D eigenvalue weighted by Gasteiger charge is -2.10. The van der Waals surface area contributed by atoms with Crippen molar-refractivity contribution in [1.29, 1.82) is 0 Å². The Labute approximate surface area is 72.3 Å². The van der Waals surface area contributed by atoms with E-state index in [1.165, 1.54) is 0 Å². The zero-order valence-corrected chi connectivity index (χ0v) is 6.99. The van der Waals surface area contributed by atoms with Crippen molar-refractivity contribution in [1.82, 2.24) is 0 Å². The highest BCUT2D eigenvalue weighted by atomic mass is 16.5. The van der Waals surface area contributed by atoms with Crippen LogP contribution in [0.15, 0.2) is 30.3 Å². The van der Waals surface area contributed by atoms with Crippen LogP contribution in [0, 0.1) is 0 Å². The Morgan fingerprint density at radius 3 is 2.50 bits per heavy atom. The van der Waals surface area contributed by atoms with Gasteiger partial charge in [-0.3, -0.25) is 0 Å². The van der Waals surface area contributed by atoms with E-state index in [4.69, 9.17) is 10.5 Å². The Hall–Kier alpha value is -1.02. The minimum absolute atomic E-state index is 0.0180. The van der Waals surface area contributed by atoms with Crippen LogP contribution >= 0.6 is 0 Å². The van der Waals surface area contributed by atoms with Gasteiger partial charge in [0.2, 0.25) is 0 Å². The minimum Gasteiger partial charge on any atom is -0.492 e. The first-order valence-corrected chi connectivity index (χ1v) is 4.25. The fraction of sp³-hybridized carbons (Fsp3) is 0.400. The minimum atomic E-state index is -0.0180. The van der Waals surface area contributed by atoms with E-state index in [2.05, 4.69) is 0 Å². The molecule has 2 N–H and O–H groups in total. The van der Waals surface area contributed by atoms with Crippen LogP contribution in [0.3, 0.4) is 0 Å². The number of benzene rings is 1. The lowest BCUT2D eigenvalue weighted by atomic mass is 10.3. The van der Waals surface area contributed by atoms with E-state index < -0.39 is 0 Å². The maximum atomic E-state index is 5.87. The maximum absolute atomic E-state index is 5.87. The lowest BCUT2D eigenvalue weighted by Crippen LogP contribution is -2.29. The predicted octanol–water partition coefficient (Wildman–Crippen LogP) is 1.56. The fourth-order valence-corrected chi connectivity index (χ4v) is 1.05. The summed E-state index contributed by atoms with van der Waals surface area (Å²) in [5.74, 6) is 0.911. The summed E-state index contributed by atoms with van der Waals surface area (Å²) in [6.07, 6.45) is 2.19. The van der Waals surface area contributed by atoms with E-state index in [1.807, 2.05) is 30.3 Å². The molecular formula is C10H13NO. The molecule has 1 aliphatic rings. The second-order valence-electron chi connectivity index (χ2n) is 3.46. The molecule has 0 radical (unpaired) electrons. The molecule has 0 spiro atoms. The van der Waals surface area contributed by atoms with Crippen LogP contribution in [0.4, 0.5) is 0 Å². The maximum Gasteiger partial charge on any atom is 0.119 e. The highest BCUT2D eigenvalue weighted by Gasteiger charge is 2.38. The van der Waals surface area contributed by atoms with Crippen LogP contribution in [0.2, 0.25) is 0 Å². The quantitative estimate of drug-likeness (QED) is 0.733. The van der Waals surface area contributed by atoms with Crippen molar-refractivity contribution in [3.05, 3.63) is 30.3 Å². The first-order chi connectivity index (χ1) is 5.79. The molecule has 1 aromatic rings. The molecule has 12 heavy (non-hydrogen) atoms. The molecule has 1 fully saturated rings. The lowest BCUT2D eigenvalue weighted by molar-refractivity contribution is 0.279. The summed E-state index contributed by atoms with van der Waals surface area (Å²) in [5, 5.41) is 0. The van der Waals surface area contributed by atoms with Crippen LogP contribution in [0.25, 0.3) is 0 Å². The van der Waals surface area contributed by atoms with Gasteiger partial charge < -0.3 is 10.5 Å². The predicted molar refractivity (Wildman–Crippen MR) is 48.1 cm³/mol. The normalized spacial score (nSPS) is 18.8. The second kappa shape index (κ2) is 2.79. The van der Waals surface area contributed by atoms with Gasteiger partial charge in [-0.05, 0) is 25.0 Å². The topological polar surface area (TPSA) is 35.2 Å². The summed E-state index contributed by atoms with van der Waals surface area (Å²) < 4.78 is 5.51. The van der Waals surface area contributed by atoms with E-state index in [1.54, 1.807) is 0 Å². The molecule has 1 aromatic carbocycles. The van der Waals surface area contributed by atoms with E-state index in [0.29, 0.717) is 6.61 Å². The van der Waals surface area contributed by atoms with Gasteiger partial charge >= 0.3 is 0 Å². The molecule has 0 unspecified atom stereocenters. The van der Waals surface area contributed by atoms with Gasteiger partial charge in [0.1, 0.15) is 12.4 Å². The monoisotopic (exact) mass is 163 g/mol. The molecule has 0 atom stereocenters. The van der Waals surface area contributed by atoms with E-state index in [0.717, 1.165) is 18.6 Å². The Kier molecular flexibility index (Phi) is 1.77. The first-order valence-electron chi connectivity index (χ1n) is 4.25. The Morgan fingerprint density at radius 2 is 1.92 bits per heavy atom. The standard InChI is InChI=1S/C10H13NO/c11-10(6-7-10)8-12-9-4-2-1-3-5-9/h1-5H,6-8,11H2. The van der Waals surface area contributed by atoms with Crippen molar-refractivity contribution in [2.45, 2.75) is 18.4 Å². The molecule has 2 rings (SSSR count). The summed E-state index contributed by atoms with van der Waals surface area (Å²) in [5.41, 5.74) is 5.85. The summed E-state index contributed by atoms with van der Waals surface area (Å²) in [4.78, 5) is 0. The molecule has 0 amide bonds. The number of nitrogens with two attached hydrogens (primary N) is 1. The van der Waals surface area contributed by atoms with Crippen LogP contribution < -0.4 is 10.5 Å². The average molecular weight is 163 g/mol. The third kappa shape index (κ3) is 1.77. The summed E-state index contributed by atoms with van der Waals surface area (Å²) >= 11 is 0. The number of para-hydroxylation sites is 1. The molecular weight excluding hydrogens is 150 g/mol. The molecule has 0 aromatic heterocycles. The van der Waals surface area contributed by atoms with Gasteiger partial charge in [0.05, 0.1) is 5.54 Å². The average Bonchev–Trinajstić information content (AvgIpc) is 2.84. The molecule has 64 valence electrons. The summed E-state index contributed by atoms with van der Waals surface area (Å²) in [6, 6.07) is 9.80. The van der Waals surface area contributed by atoms with Gasteiger partial charge in [0.25, 0.3) is 0 Å². The highest BCUT2D eigenvalue weighted by Crippen LogP contribution is 2.32. The smallest absolute Gasteiger partial charge is 0.119 e. The van der Waals surface area contributed by atoms with E-state index >= 15 is 0 Å². The Morgan fingerprint density at radius 1 is 1.25 bits per heavy atom. The first kappa shape index (κ1) is 7.62. The molecule has 2 heteroatoms. The molecule has 1 aliphatic carbocycles. The third-order valence-electron chi connectivity index (χ3n) is 2.16. The Bertz CT molecular complexity index is 254. The molecule has 0 bridgehead atoms. The van der Waals surface area contributed by atoms with Gasteiger partial charge in [-0.25, -0.2) is 0 Å². The summed E-state index contributed by atoms with van der Waals surface area (Å²) in [7, 11) is 0. The van der Waals surface area contributed by atoms with Crippen LogP contribution in [-0.2, 0) is 0 Å². The van der Waals surface area contributed by atoms with Gasteiger partial charge in [0, 0.05) is 0 Å². The van der Waals surface area contributed by atoms with Gasteiger partial charge in [-0.1, -0.05) is 18.2 Å². The summed E-state index contributed by atoms with van der Waals surface area (Å²) in [6.45, 7) is 0.650. The van der Waals surface area contributed by atoms with Crippen LogP contribution in [-0.4, -0.2) is 12.1 Å². The molecule has 2 nitrogen and oxygen atoms in total.